The van der Waals surface area contributed by atoms with Crippen molar-refractivity contribution in [3.05, 3.63) is 30.1 Å². The van der Waals surface area contributed by atoms with Crippen LogP contribution in [0.15, 0.2) is 24.5 Å². The maximum Gasteiger partial charge on any atom is 0.309 e. The average molecular weight is 301 g/mol. The summed E-state index contributed by atoms with van der Waals surface area (Å²) in [5.74, 6) is 2.16. The van der Waals surface area contributed by atoms with Crippen molar-refractivity contribution in [3.63, 3.8) is 0 Å². The van der Waals surface area contributed by atoms with Gasteiger partial charge in [0.2, 0.25) is 0 Å². The summed E-state index contributed by atoms with van der Waals surface area (Å²) in [6.07, 6.45) is 8.16. The lowest BCUT2D eigenvalue weighted by atomic mass is 9.75. The van der Waals surface area contributed by atoms with Gasteiger partial charge in [-0.15, -0.1) is 0 Å². The predicted molar refractivity (Wildman–Crippen MR) is 86.3 cm³/mol. The lowest BCUT2D eigenvalue weighted by Crippen LogP contribution is -2.36. The highest BCUT2D eigenvalue weighted by molar-refractivity contribution is 5.77. The molecule has 3 rings (SSSR count). The van der Waals surface area contributed by atoms with E-state index in [2.05, 4.69) is 31.8 Å². The highest BCUT2D eigenvalue weighted by Crippen LogP contribution is 2.48. The molecule has 2 saturated carbocycles. The summed E-state index contributed by atoms with van der Waals surface area (Å²) in [6, 6.07) is 4.00. The Bertz CT molecular complexity index is 513. The quantitative estimate of drug-likeness (QED) is 0.783. The standard InChI is InChI=1S/C19H27NO2/c1-12(2)15-7-6-13(3)9-18(15)22-19(21)17-10-16(17)14-5-4-8-20-11-14/h4-5,8,11-13,15-18H,6-7,9-10H2,1-3H3/t13-,15+,16+,17-,18?/m1/s1. The largest absolute Gasteiger partial charge is 0.462 e. The first-order valence-corrected chi connectivity index (χ1v) is 8.66. The number of carbonyl (C=O) groups excluding carboxylic acids is 1. The van der Waals surface area contributed by atoms with Gasteiger partial charge in [0.1, 0.15) is 6.10 Å². The first kappa shape index (κ1) is 15.5. The number of carbonyl (C=O) groups is 1. The molecular weight excluding hydrogens is 274 g/mol. The van der Waals surface area contributed by atoms with Crippen LogP contribution in [-0.4, -0.2) is 17.1 Å². The van der Waals surface area contributed by atoms with Crippen molar-refractivity contribution in [2.75, 3.05) is 0 Å². The van der Waals surface area contributed by atoms with Gasteiger partial charge >= 0.3 is 5.97 Å². The van der Waals surface area contributed by atoms with Crippen molar-refractivity contribution in [1.29, 1.82) is 0 Å². The molecule has 1 aromatic rings. The SMILES string of the molecule is CC(C)[C@@H]1CC[C@@H](C)CC1OC(=O)[C@@H]1C[C@H]1c1cccnc1. The van der Waals surface area contributed by atoms with Crippen molar-refractivity contribution in [2.24, 2.45) is 23.7 Å². The van der Waals surface area contributed by atoms with Gasteiger partial charge in [-0.3, -0.25) is 9.78 Å². The molecule has 1 aromatic heterocycles. The Hall–Kier alpha value is -1.38. The summed E-state index contributed by atoms with van der Waals surface area (Å²) in [5.41, 5.74) is 1.17. The van der Waals surface area contributed by atoms with Crippen LogP contribution in [0.4, 0.5) is 0 Å². The van der Waals surface area contributed by atoms with Gasteiger partial charge in [0, 0.05) is 12.4 Å². The molecule has 120 valence electrons. The Labute approximate surface area is 133 Å². The molecule has 2 aliphatic carbocycles. The number of hydrogen-bond acceptors (Lipinski definition) is 3. The maximum absolute atomic E-state index is 12.5. The Kier molecular flexibility index (Phi) is 4.51. The molecule has 0 amide bonds. The molecular formula is C19H27NO2. The van der Waals surface area contributed by atoms with E-state index in [1.54, 1.807) is 6.20 Å². The first-order valence-electron chi connectivity index (χ1n) is 8.66. The Morgan fingerprint density at radius 1 is 1.32 bits per heavy atom. The van der Waals surface area contributed by atoms with Crippen LogP contribution in [0.25, 0.3) is 0 Å². The van der Waals surface area contributed by atoms with Crippen molar-refractivity contribution in [1.82, 2.24) is 4.98 Å². The fourth-order valence-electron chi connectivity index (χ4n) is 3.91. The van der Waals surface area contributed by atoms with E-state index >= 15 is 0 Å². The summed E-state index contributed by atoms with van der Waals surface area (Å²) in [7, 11) is 0. The first-order chi connectivity index (χ1) is 10.6. The van der Waals surface area contributed by atoms with Crippen LogP contribution in [0.5, 0.6) is 0 Å². The molecule has 0 aliphatic heterocycles. The molecule has 0 aromatic carbocycles. The van der Waals surface area contributed by atoms with Crippen molar-refractivity contribution < 1.29 is 9.53 Å². The summed E-state index contributed by atoms with van der Waals surface area (Å²) in [6.45, 7) is 6.76. The summed E-state index contributed by atoms with van der Waals surface area (Å²) in [5, 5.41) is 0. The topological polar surface area (TPSA) is 39.2 Å². The van der Waals surface area contributed by atoms with E-state index in [1.807, 2.05) is 12.3 Å². The smallest absolute Gasteiger partial charge is 0.309 e. The number of hydrogen-bond donors (Lipinski definition) is 0. The fourth-order valence-corrected chi connectivity index (χ4v) is 3.91. The molecule has 2 aliphatic rings. The van der Waals surface area contributed by atoms with E-state index in [-0.39, 0.29) is 18.0 Å². The summed E-state index contributed by atoms with van der Waals surface area (Å²) >= 11 is 0. The number of nitrogens with zero attached hydrogens (tertiary/aromatic N) is 1. The molecule has 2 fully saturated rings. The van der Waals surface area contributed by atoms with Gasteiger partial charge in [-0.05, 0) is 54.6 Å². The van der Waals surface area contributed by atoms with Gasteiger partial charge in [-0.2, -0.15) is 0 Å². The Balaban J connectivity index is 1.59. The molecule has 0 saturated heterocycles. The minimum absolute atomic E-state index is 0.0126. The lowest BCUT2D eigenvalue weighted by Gasteiger charge is -2.36. The van der Waals surface area contributed by atoms with E-state index in [4.69, 9.17) is 4.74 Å². The predicted octanol–water partition coefficient (Wildman–Crippen LogP) is 4.19. The molecule has 0 spiro atoms. The molecule has 0 bridgehead atoms. The molecule has 0 N–H and O–H groups in total. The molecule has 1 unspecified atom stereocenters. The van der Waals surface area contributed by atoms with Gasteiger partial charge in [-0.1, -0.05) is 33.3 Å². The van der Waals surface area contributed by atoms with Crippen LogP contribution in [0.2, 0.25) is 0 Å². The van der Waals surface area contributed by atoms with Gasteiger partial charge in [0.05, 0.1) is 5.92 Å². The Morgan fingerprint density at radius 3 is 2.82 bits per heavy atom. The molecule has 3 nitrogen and oxygen atoms in total. The maximum atomic E-state index is 12.5. The fraction of sp³-hybridized carbons (Fsp3) is 0.684. The van der Waals surface area contributed by atoms with Gasteiger partial charge < -0.3 is 4.74 Å². The monoisotopic (exact) mass is 301 g/mol. The Morgan fingerprint density at radius 2 is 2.14 bits per heavy atom. The van der Waals surface area contributed by atoms with E-state index in [9.17, 15) is 4.79 Å². The van der Waals surface area contributed by atoms with Crippen LogP contribution < -0.4 is 0 Å². The molecule has 22 heavy (non-hydrogen) atoms. The summed E-state index contributed by atoms with van der Waals surface area (Å²) in [4.78, 5) is 16.6. The third-order valence-corrected chi connectivity index (χ3v) is 5.43. The van der Waals surface area contributed by atoms with Gasteiger partial charge in [-0.25, -0.2) is 0 Å². The number of aromatic nitrogens is 1. The van der Waals surface area contributed by atoms with Crippen LogP contribution in [0.3, 0.4) is 0 Å². The normalized spacial score (nSPS) is 34.5. The van der Waals surface area contributed by atoms with Crippen LogP contribution >= 0.6 is 0 Å². The average Bonchev–Trinajstić information content (AvgIpc) is 3.28. The lowest BCUT2D eigenvalue weighted by molar-refractivity contribution is -0.157. The zero-order valence-corrected chi connectivity index (χ0v) is 13.9. The van der Waals surface area contributed by atoms with E-state index < -0.39 is 0 Å². The minimum Gasteiger partial charge on any atom is -0.462 e. The van der Waals surface area contributed by atoms with E-state index in [0.29, 0.717) is 23.7 Å². The van der Waals surface area contributed by atoms with Crippen LogP contribution in [0, 0.1) is 23.7 Å². The minimum atomic E-state index is 0.0126. The molecule has 3 heteroatoms. The number of rotatable bonds is 4. The van der Waals surface area contributed by atoms with Gasteiger partial charge in [0.25, 0.3) is 0 Å². The molecule has 1 heterocycles. The van der Waals surface area contributed by atoms with Crippen molar-refractivity contribution in [3.8, 4) is 0 Å². The zero-order valence-electron chi connectivity index (χ0n) is 13.9. The number of ether oxygens (including phenoxy) is 1. The number of esters is 1. The van der Waals surface area contributed by atoms with E-state index in [0.717, 1.165) is 12.8 Å². The second-order valence-corrected chi connectivity index (χ2v) is 7.54. The van der Waals surface area contributed by atoms with Crippen molar-refractivity contribution >= 4 is 5.97 Å². The van der Waals surface area contributed by atoms with Crippen molar-refractivity contribution in [2.45, 2.75) is 58.5 Å². The second-order valence-electron chi connectivity index (χ2n) is 7.54. The van der Waals surface area contributed by atoms with E-state index in [1.165, 1.54) is 18.4 Å². The second kappa shape index (κ2) is 6.39. The summed E-state index contributed by atoms with van der Waals surface area (Å²) < 4.78 is 5.95. The molecule has 0 radical (unpaired) electrons. The van der Waals surface area contributed by atoms with Crippen LogP contribution in [0.1, 0.15) is 57.9 Å². The number of pyridine rings is 1. The van der Waals surface area contributed by atoms with Crippen LogP contribution in [-0.2, 0) is 9.53 Å². The molecule has 5 atom stereocenters. The highest BCUT2D eigenvalue weighted by Gasteiger charge is 2.47. The zero-order chi connectivity index (χ0) is 15.7. The third kappa shape index (κ3) is 3.34. The van der Waals surface area contributed by atoms with Gasteiger partial charge in [0.15, 0.2) is 0 Å². The highest BCUT2D eigenvalue weighted by atomic mass is 16.5. The third-order valence-electron chi connectivity index (χ3n) is 5.43.